The standard InChI is InChI=1S/C17H15N3O4S/c1-23-13-7-10(5-6-12(13)24-16(22)9-3-4-9)14-11(8-18)15(21)20-17(19-14)25-2/h5-7,9H,3-4H2,1-2H3,(H,19,20,21). The molecule has 7 nitrogen and oxygen atoms in total. The lowest BCUT2D eigenvalue weighted by atomic mass is 10.1. The number of hydrogen-bond donors (Lipinski definition) is 1. The van der Waals surface area contributed by atoms with Crippen molar-refractivity contribution in [1.29, 1.82) is 5.26 Å². The molecule has 0 saturated heterocycles. The number of aromatic nitrogens is 2. The monoisotopic (exact) mass is 357 g/mol. The Labute approximate surface area is 148 Å². The molecule has 1 aliphatic carbocycles. The van der Waals surface area contributed by atoms with E-state index in [0.29, 0.717) is 22.2 Å². The van der Waals surface area contributed by atoms with Crippen molar-refractivity contribution in [2.24, 2.45) is 5.92 Å². The molecule has 0 bridgehead atoms. The van der Waals surface area contributed by atoms with Crippen LogP contribution in [-0.4, -0.2) is 29.3 Å². The summed E-state index contributed by atoms with van der Waals surface area (Å²) in [6, 6.07) is 6.70. The van der Waals surface area contributed by atoms with Gasteiger partial charge in [0, 0.05) is 5.56 Å². The number of H-pyrrole nitrogens is 1. The van der Waals surface area contributed by atoms with E-state index in [2.05, 4.69) is 9.97 Å². The molecule has 128 valence electrons. The largest absolute Gasteiger partial charge is 0.493 e. The minimum absolute atomic E-state index is 0.0342. The number of nitriles is 1. The van der Waals surface area contributed by atoms with E-state index in [1.54, 1.807) is 24.5 Å². The predicted molar refractivity (Wildman–Crippen MR) is 91.7 cm³/mol. The lowest BCUT2D eigenvalue weighted by Crippen LogP contribution is -2.14. The van der Waals surface area contributed by atoms with E-state index in [0.717, 1.165) is 12.8 Å². The first kappa shape index (κ1) is 17.0. The molecule has 0 spiro atoms. The van der Waals surface area contributed by atoms with Crippen LogP contribution in [0, 0.1) is 17.2 Å². The third-order valence-electron chi connectivity index (χ3n) is 3.76. The number of aromatic amines is 1. The molecule has 1 aliphatic rings. The Morgan fingerprint density at radius 3 is 2.76 bits per heavy atom. The van der Waals surface area contributed by atoms with Gasteiger partial charge in [-0.3, -0.25) is 9.59 Å². The lowest BCUT2D eigenvalue weighted by molar-refractivity contribution is -0.135. The lowest BCUT2D eigenvalue weighted by Gasteiger charge is -2.11. The van der Waals surface area contributed by atoms with Crippen molar-refractivity contribution < 1.29 is 14.3 Å². The van der Waals surface area contributed by atoms with Gasteiger partial charge in [-0.15, -0.1) is 0 Å². The zero-order chi connectivity index (χ0) is 18.0. The first-order chi connectivity index (χ1) is 12.1. The molecule has 1 aromatic heterocycles. The van der Waals surface area contributed by atoms with Gasteiger partial charge in [0.1, 0.15) is 11.6 Å². The number of methoxy groups -OCH3 is 1. The minimum Gasteiger partial charge on any atom is -0.493 e. The van der Waals surface area contributed by atoms with E-state index in [1.807, 2.05) is 6.07 Å². The van der Waals surface area contributed by atoms with E-state index in [4.69, 9.17) is 9.47 Å². The molecule has 25 heavy (non-hydrogen) atoms. The molecular weight excluding hydrogens is 342 g/mol. The van der Waals surface area contributed by atoms with Gasteiger partial charge in [-0.2, -0.15) is 5.26 Å². The zero-order valence-electron chi connectivity index (χ0n) is 13.7. The third-order valence-corrected chi connectivity index (χ3v) is 4.34. The number of rotatable bonds is 5. The molecule has 1 aromatic carbocycles. The maximum Gasteiger partial charge on any atom is 0.314 e. The highest BCUT2D eigenvalue weighted by Crippen LogP contribution is 2.36. The van der Waals surface area contributed by atoms with Crippen LogP contribution in [0.25, 0.3) is 11.3 Å². The van der Waals surface area contributed by atoms with Crippen LogP contribution in [0.2, 0.25) is 0 Å². The second kappa shape index (κ2) is 6.99. The van der Waals surface area contributed by atoms with Crippen molar-refractivity contribution in [1.82, 2.24) is 9.97 Å². The maximum absolute atomic E-state index is 12.0. The van der Waals surface area contributed by atoms with Crippen molar-refractivity contribution in [2.75, 3.05) is 13.4 Å². The second-order valence-electron chi connectivity index (χ2n) is 5.47. The van der Waals surface area contributed by atoms with Gasteiger partial charge in [0.25, 0.3) is 5.56 Å². The van der Waals surface area contributed by atoms with Gasteiger partial charge in [-0.25, -0.2) is 4.98 Å². The molecule has 1 saturated carbocycles. The summed E-state index contributed by atoms with van der Waals surface area (Å²) in [5.74, 6) is 0.329. The summed E-state index contributed by atoms with van der Waals surface area (Å²) in [6.07, 6.45) is 3.47. The van der Waals surface area contributed by atoms with E-state index >= 15 is 0 Å². The number of esters is 1. The number of carbonyl (C=O) groups is 1. The number of carbonyl (C=O) groups excluding carboxylic acids is 1. The van der Waals surface area contributed by atoms with E-state index < -0.39 is 5.56 Å². The molecule has 1 fully saturated rings. The Bertz CT molecular complexity index is 928. The molecule has 0 unspecified atom stereocenters. The highest BCUT2D eigenvalue weighted by Gasteiger charge is 2.32. The fraction of sp³-hybridized carbons (Fsp3) is 0.294. The molecular formula is C17H15N3O4S. The molecule has 0 atom stereocenters. The van der Waals surface area contributed by atoms with Gasteiger partial charge in [0.2, 0.25) is 0 Å². The molecule has 8 heteroatoms. The van der Waals surface area contributed by atoms with Crippen LogP contribution < -0.4 is 15.0 Å². The number of nitrogens with zero attached hydrogens (tertiary/aromatic N) is 2. The second-order valence-corrected chi connectivity index (χ2v) is 6.27. The van der Waals surface area contributed by atoms with Gasteiger partial charge in [-0.1, -0.05) is 11.8 Å². The average Bonchev–Trinajstić information content (AvgIpc) is 3.46. The summed E-state index contributed by atoms with van der Waals surface area (Å²) in [5, 5.41) is 9.68. The molecule has 2 aromatic rings. The molecule has 0 radical (unpaired) electrons. The van der Waals surface area contributed by atoms with Crippen molar-refractivity contribution in [3.8, 4) is 28.8 Å². The fourth-order valence-electron chi connectivity index (χ4n) is 2.27. The number of ether oxygens (including phenoxy) is 2. The predicted octanol–water partition coefficient (Wildman–Crippen LogP) is 2.35. The van der Waals surface area contributed by atoms with Crippen LogP contribution >= 0.6 is 11.8 Å². The number of thioether (sulfide) groups is 1. The van der Waals surface area contributed by atoms with Crippen molar-refractivity contribution >= 4 is 17.7 Å². The van der Waals surface area contributed by atoms with Crippen LogP contribution in [0.1, 0.15) is 18.4 Å². The van der Waals surface area contributed by atoms with Crippen molar-refractivity contribution in [3.05, 3.63) is 34.1 Å². The number of hydrogen-bond acceptors (Lipinski definition) is 7. The maximum atomic E-state index is 12.0. The molecule has 0 aliphatic heterocycles. The minimum atomic E-state index is -0.500. The van der Waals surface area contributed by atoms with E-state index in [1.165, 1.54) is 18.9 Å². The van der Waals surface area contributed by atoms with Gasteiger partial charge in [0.15, 0.2) is 16.7 Å². The van der Waals surface area contributed by atoms with Gasteiger partial charge < -0.3 is 14.5 Å². The number of nitrogens with one attached hydrogen (secondary N) is 1. The highest BCUT2D eigenvalue weighted by atomic mass is 32.2. The van der Waals surface area contributed by atoms with Gasteiger partial charge >= 0.3 is 5.97 Å². The smallest absolute Gasteiger partial charge is 0.314 e. The summed E-state index contributed by atoms with van der Waals surface area (Å²) in [7, 11) is 1.46. The Morgan fingerprint density at radius 2 is 2.16 bits per heavy atom. The highest BCUT2D eigenvalue weighted by molar-refractivity contribution is 7.98. The Morgan fingerprint density at radius 1 is 1.40 bits per heavy atom. The summed E-state index contributed by atoms with van der Waals surface area (Å²) >= 11 is 1.27. The van der Waals surface area contributed by atoms with Crippen LogP contribution in [0.15, 0.2) is 28.2 Å². The summed E-state index contributed by atoms with van der Waals surface area (Å²) < 4.78 is 10.6. The van der Waals surface area contributed by atoms with Crippen molar-refractivity contribution in [3.63, 3.8) is 0 Å². The Balaban J connectivity index is 2.03. The summed E-state index contributed by atoms with van der Waals surface area (Å²) in [5.41, 5.74) is 0.206. The molecule has 1 heterocycles. The third kappa shape index (κ3) is 3.51. The SMILES string of the molecule is COc1cc(-c2nc(SC)[nH]c(=O)c2C#N)ccc1OC(=O)C1CC1. The van der Waals surface area contributed by atoms with E-state index in [-0.39, 0.29) is 23.1 Å². The molecule has 3 rings (SSSR count). The summed E-state index contributed by atoms with van der Waals surface area (Å²) in [6.45, 7) is 0. The van der Waals surface area contributed by atoms with E-state index in [9.17, 15) is 14.9 Å². The van der Waals surface area contributed by atoms with Gasteiger partial charge in [0.05, 0.1) is 18.7 Å². The summed E-state index contributed by atoms with van der Waals surface area (Å²) in [4.78, 5) is 30.8. The van der Waals surface area contributed by atoms with Crippen molar-refractivity contribution in [2.45, 2.75) is 18.0 Å². The first-order valence-corrected chi connectivity index (χ1v) is 8.78. The Kier molecular flexibility index (Phi) is 4.76. The van der Waals surface area contributed by atoms with Crippen LogP contribution in [-0.2, 0) is 4.79 Å². The number of benzene rings is 1. The van der Waals surface area contributed by atoms with Crippen LogP contribution in [0.4, 0.5) is 0 Å². The molecule has 0 amide bonds. The first-order valence-electron chi connectivity index (χ1n) is 7.56. The quantitative estimate of drug-likeness (QED) is 0.379. The average molecular weight is 357 g/mol. The fourth-order valence-corrected chi connectivity index (χ4v) is 2.65. The normalized spacial score (nSPS) is 13.2. The van der Waals surface area contributed by atoms with Crippen LogP contribution in [0.5, 0.6) is 11.5 Å². The molecule has 1 N–H and O–H groups in total. The van der Waals surface area contributed by atoms with Gasteiger partial charge in [-0.05, 0) is 37.3 Å². The van der Waals surface area contributed by atoms with Crippen LogP contribution in [0.3, 0.4) is 0 Å². The topological polar surface area (TPSA) is 105 Å². The zero-order valence-corrected chi connectivity index (χ0v) is 14.5. The Hall–Kier alpha value is -2.79.